The fourth-order valence-electron chi connectivity index (χ4n) is 3.62. The number of anilines is 1. The Morgan fingerprint density at radius 2 is 2.27 bits per heavy atom. The van der Waals surface area contributed by atoms with Crippen LogP contribution in [0, 0.1) is 0 Å². The summed E-state index contributed by atoms with van der Waals surface area (Å²) in [4.78, 5) is 23.7. The molecule has 3 aromatic rings. The maximum absolute atomic E-state index is 11.4. The SMILES string of the molecule is CO[C@@]1(c2cc(OCCO)cc(-c3c[nH]c4cnc(NC(C)=O)cc34)n2)CCOC1. The van der Waals surface area contributed by atoms with Crippen LogP contribution in [0.4, 0.5) is 5.82 Å². The minimum absolute atomic E-state index is 0.0929. The largest absolute Gasteiger partial charge is 0.491 e. The molecule has 3 aromatic heterocycles. The highest BCUT2D eigenvalue weighted by Crippen LogP contribution is 2.37. The van der Waals surface area contributed by atoms with Gasteiger partial charge in [0.1, 0.15) is 23.8 Å². The number of methoxy groups -OCH3 is 1. The Hall–Kier alpha value is -3.01. The average Bonchev–Trinajstić information content (AvgIpc) is 3.39. The Morgan fingerprint density at radius 1 is 1.40 bits per heavy atom. The Bertz CT molecular complexity index is 1060. The second-order valence-electron chi connectivity index (χ2n) is 7.15. The molecule has 1 atom stereocenters. The van der Waals surface area contributed by atoms with Crippen LogP contribution in [-0.2, 0) is 19.9 Å². The summed E-state index contributed by atoms with van der Waals surface area (Å²) in [5, 5.41) is 12.7. The maximum atomic E-state index is 11.4. The summed E-state index contributed by atoms with van der Waals surface area (Å²) in [5.41, 5.74) is 2.38. The first-order valence-electron chi connectivity index (χ1n) is 9.69. The first-order chi connectivity index (χ1) is 14.5. The van der Waals surface area contributed by atoms with Gasteiger partial charge in [0.2, 0.25) is 5.91 Å². The summed E-state index contributed by atoms with van der Waals surface area (Å²) in [5.74, 6) is 0.848. The van der Waals surface area contributed by atoms with Crippen LogP contribution in [0.15, 0.2) is 30.6 Å². The van der Waals surface area contributed by atoms with Crippen LogP contribution in [-0.4, -0.2) is 59.5 Å². The summed E-state index contributed by atoms with van der Waals surface area (Å²) < 4.78 is 17.1. The first-order valence-corrected chi connectivity index (χ1v) is 9.69. The fourth-order valence-corrected chi connectivity index (χ4v) is 3.62. The molecule has 4 heterocycles. The van der Waals surface area contributed by atoms with Crippen molar-refractivity contribution in [3.63, 3.8) is 0 Å². The van der Waals surface area contributed by atoms with E-state index in [0.717, 1.165) is 16.5 Å². The zero-order valence-corrected chi connectivity index (χ0v) is 16.9. The highest BCUT2D eigenvalue weighted by Gasteiger charge is 2.39. The maximum Gasteiger partial charge on any atom is 0.222 e. The van der Waals surface area contributed by atoms with Crippen LogP contribution in [0.5, 0.6) is 5.75 Å². The van der Waals surface area contributed by atoms with Crippen LogP contribution in [0.2, 0.25) is 0 Å². The van der Waals surface area contributed by atoms with E-state index < -0.39 is 5.60 Å². The molecule has 4 rings (SSSR count). The van der Waals surface area contributed by atoms with Gasteiger partial charge in [-0.2, -0.15) is 0 Å². The van der Waals surface area contributed by atoms with Crippen molar-refractivity contribution in [2.75, 3.05) is 38.9 Å². The van der Waals surface area contributed by atoms with Gasteiger partial charge >= 0.3 is 0 Å². The van der Waals surface area contributed by atoms with Crippen molar-refractivity contribution in [1.29, 1.82) is 0 Å². The Kier molecular flexibility index (Phi) is 5.67. The van der Waals surface area contributed by atoms with E-state index in [1.54, 1.807) is 19.4 Å². The minimum atomic E-state index is -0.650. The van der Waals surface area contributed by atoms with Crippen molar-refractivity contribution >= 4 is 22.6 Å². The molecular formula is C21H24N4O5. The quantitative estimate of drug-likeness (QED) is 0.544. The van der Waals surface area contributed by atoms with E-state index >= 15 is 0 Å². The molecule has 9 nitrogen and oxygen atoms in total. The minimum Gasteiger partial charge on any atom is -0.491 e. The summed E-state index contributed by atoms with van der Waals surface area (Å²) in [6, 6.07) is 5.45. The van der Waals surface area contributed by atoms with Crippen LogP contribution < -0.4 is 10.1 Å². The van der Waals surface area contributed by atoms with Gasteiger partial charge in [-0.3, -0.25) is 4.79 Å². The number of aromatic amines is 1. The van der Waals surface area contributed by atoms with Crippen molar-refractivity contribution in [3.8, 4) is 17.0 Å². The van der Waals surface area contributed by atoms with Crippen molar-refractivity contribution in [2.45, 2.75) is 18.9 Å². The fraction of sp³-hybridized carbons (Fsp3) is 0.381. The second kappa shape index (κ2) is 8.39. The molecule has 0 aliphatic carbocycles. The normalized spacial score (nSPS) is 18.6. The van der Waals surface area contributed by atoms with Crippen molar-refractivity contribution < 1.29 is 24.1 Å². The van der Waals surface area contributed by atoms with Gasteiger partial charge in [0.15, 0.2) is 0 Å². The van der Waals surface area contributed by atoms with Crippen molar-refractivity contribution in [3.05, 3.63) is 36.3 Å². The Balaban J connectivity index is 1.83. The average molecular weight is 412 g/mol. The van der Waals surface area contributed by atoms with E-state index in [1.807, 2.05) is 18.3 Å². The standard InChI is InChI=1S/C21H24N4O5/c1-13(27)24-20-9-15-16(10-22-18(15)11-23-20)17-7-14(30-6-4-26)8-19(25-17)21(28-2)3-5-29-12-21/h7-11,22,26H,3-6,12H2,1-2H3,(H,23,24,27)/t21-/m0/s1. The number of aromatic nitrogens is 3. The molecule has 0 unspecified atom stereocenters. The number of nitrogens with one attached hydrogen (secondary N) is 2. The van der Waals surface area contributed by atoms with Gasteiger partial charge in [0, 0.05) is 56.3 Å². The van der Waals surface area contributed by atoms with Gasteiger partial charge in [-0.25, -0.2) is 9.97 Å². The molecule has 0 spiro atoms. The molecule has 9 heteroatoms. The predicted octanol–water partition coefficient (Wildman–Crippen LogP) is 2.22. The highest BCUT2D eigenvalue weighted by atomic mass is 16.5. The van der Waals surface area contributed by atoms with Crippen LogP contribution >= 0.6 is 0 Å². The molecule has 158 valence electrons. The number of rotatable bonds is 7. The molecule has 0 radical (unpaired) electrons. The van der Waals surface area contributed by atoms with Crippen LogP contribution in [0.25, 0.3) is 22.2 Å². The van der Waals surface area contributed by atoms with Gasteiger partial charge in [-0.15, -0.1) is 0 Å². The number of amides is 1. The van der Waals surface area contributed by atoms with Gasteiger partial charge < -0.3 is 29.6 Å². The Labute approximate surface area is 173 Å². The van der Waals surface area contributed by atoms with Crippen LogP contribution in [0.1, 0.15) is 19.0 Å². The van der Waals surface area contributed by atoms with Crippen molar-refractivity contribution in [1.82, 2.24) is 15.0 Å². The number of aliphatic hydroxyl groups excluding tert-OH is 1. The summed E-state index contributed by atoms with van der Waals surface area (Å²) >= 11 is 0. The molecule has 0 saturated carbocycles. The molecule has 1 amide bonds. The van der Waals surface area contributed by atoms with Gasteiger partial charge in [0.25, 0.3) is 0 Å². The molecule has 30 heavy (non-hydrogen) atoms. The van der Waals surface area contributed by atoms with E-state index in [1.165, 1.54) is 6.92 Å². The number of H-pyrrole nitrogens is 1. The predicted molar refractivity (Wildman–Crippen MR) is 110 cm³/mol. The number of ether oxygens (including phenoxy) is 3. The molecule has 0 aromatic carbocycles. The lowest BCUT2D eigenvalue weighted by molar-refractivity contribution is -0.114. The smallest absolute Gasteiger partial charge is 0.222 e. The number of fused-ring (bicyclic) bond motifs is 1. The molecule has 1 fully saturated rings. The number of aliphatic hydroxyl groups is 1. The summed E-state index contributed by atoms with van der Waals surface area (Å²) in [6.07, 6.45) is 4.19. The van der Waals surface area contributed by atoms with Crippen molar-refractivity contribution in [2.24, 2.45) is 0 Å². The number of pyridine rings is 2. The van der Waals surface area contributed by atoms with Crippen LogP contribution in [0.3, 0.4) is 0 Å². The van der Waals surface area contributed by atoms with Gasteiger partial charge in [0.05, 0.1) is 36.3 Å². The molecule has 3 N–H and O–H groups in total. The summed E-state index contributed by atoms with van der Waals surface area (Å²) in [6.45, 7) is 2.51. The Morgan fingerprint density at radius 3 is 2.97 bits per heavy atom. The number of nitrogens with zero attached hydrogens (tertiary/aromatic N) is 2. The lowest BCUT2D eigenvalue weighted by atomic mass is 9.96. The number of carbonyl (C=O) groups excluding carboxylic acids is 1. The zero-order valence-electron chi connectivity index (χ0n) is 16.9. The zero-order chi connectivity index (χ0) is 21.1. The molecule has 1 aliphatic heterocycles. The highest BCUT2D eigenvalue weighted by molar-refractivity contribution is 5.97. The number of carbonyl (C=O) groups is 1. The molecule has 1 saturated heterocycles. The van der Waals surface area contributed by atoms with E-state index in [-0.39, 0.29) is 19.1 Å². The van der Waals surface area contributed by atoms with E-state index in [0.29, 0.717) is 42.6 Å². The lowest BCUT2D eigenvalue weighted by Gasteiger charge is -2.26. The molecular weight excluding hydrogens is 388 g/mol. The number of hydrogen-bond acceptors (Lipinski definition) is 7. The molecule has 0 bridgehead atoms. The van der Waals surface area contributed by atoms with Gasteiger partial charge in [-0.1, -0.05) is 0 Å². The summed E-state index contributed by atoms with van der Waals surface area (Å²) in [7, 11) is 1.65. The monoisotopic (exact) mass is 412 g/mol. The topological polar surface area (TPSA) is 119 Å². The second-order valence-corrected chi connectivity index (χ2v) is 7.15. The first kappa shape index (κ1) is 20.3. The third-order valence-corrected chi connectivity index (χ3v) is 5.15. The number of hydrogen-bond donors (Lipinski definition) is 3. The third kappa shape index (κ3) is 3.87. The van der Waals surface area contributed by atoms with E-state index in [9.17, 15) is 9.90 Å². The van der Waals surface area contributed by atoms with E-state index in [2.05, 4.69) is 15.3 Å². The van der Waals surface area contributed by atoms with E-state index in [4.69, 9.17) is 19.2 Å². The van der Waals surface area contributed by atoms with Gasteiger partial charge in [-0.05, 0) is 6.07 Å². The third-order valence-electron chi connectivity index (χ3n) is 5.15. The lowest BCUT2D eigenvalue weighted by Crippen LogP contribution is -2.30. The molecule has 1 aliphatic rings.